The number of aryl methyl sites for hydroxylation is 1. The number of benzene rings is 2. The third-order valence-electron chi connectivity index (χ3n) is 2.85. The zero-order chi connectivity index (χ0) is 15.9. The summed E-state index contributed by atoms with van der Waals surface area (Å²) in [6.45, 7) is 2.08. The van der Waals surface area contributed by atoms with Crippen LogP contribution in [0.25, 0.3) is 0 Å². The second-order valence-corrected chi connectivity index (χ2v) is 5.16. The maximum Gasteiger partial charge on any atom is 0.259 e. The van der Waals surface area contributed by atoms with Crippen LogP contribution in [0.3, 0.4) is 0 Å². The lowest BCUT2D eigenvalue weighted by molar-refractivity contribution is -0.119. The van der Waals surface area contributed by atoms with Gasteiger partial charge in [-0.1, -0.05) is 23.7 Å². The molecular formula is C16H16ClN3O2. The zero-order valence-corrected chi connectivity index (χ0v) is 12.8. The lowest BCUT2D eigenvalue weighted by atomic mass is 10.2. The van der Waals surface area contributed by atoms with Crippen LogP contribution >= 0.6 is 11.6 Å². The molecule has 0 fully saturated rings. The third-order valence-corrected chi connectivity index (χ3v) is 3.09. The van der Waals surface area contributed by atoms with E-state index < -0.39 is 0 Å². The zero-order valence-electron chi connectivity index (χ0n) is 12.0. The molecular weight excluding hydrogens is 302 g/mol. The molecule has 0 aliphatic carbocycles. The SMILES string of the molecule is Cc1cccc(NCC(=O)N/N=C\c2cc(Cl)ccc2O)c1. The highest BCUT2D eigenvalue weighted by Gasteiger charge is 2.01. The van der Waals surface area contributed by atoms with Crippen molar-refractivity contribution in [1.82, 2.24) is 5.43 Å². The number of phenols is 1. The van der Waals surface area contributed by atoms with Crippen molar-refractivity contribution in [2.24, 2.45) is 5.10 Å². The van der Waals surface area contributed by atoms with Gasteiger partial charge in [-0.25, -0.2) is 5.43 Å². The molecule has 0 heterocycles. The minimum absolute atomic E-state index is 0.0419. The first-order chi connectivity index (χ1) is 10.5. The van der Waals surface area contributed by atoms with E-state index in [1.54, 1.807) is 12.1 Å². The minimum Gasteiger partial charge on any atom is -0.507 e. The van der Waals surface area contributed by atoms with E-state index in [9.17, 15) is 9.90 Å². The highest BCUT2D eigenvalue weighted by atomic mass is 35.5. The number of hydrogen-bond acceptors (Lipinski definition) is 4. The van der Waals surface area contributed by atoms with Crippen LogP contribution < -0.4 is 10.7 Å². The molecule has 2 rings (SSSR count). The molecule has 0 aromatic heterocycles. The quantitative estimate of drug-likeness (QED) is 0.586. The van der Waals surface area contributed by atoms with E-state index in [1.807, 2.05) is 31.2 Å². The van der Waals surface area contributed by atoms with Gasteiger partial charge in [0.2, 0.25) is 0 Å². The normalized spacial score (nSPS) is 10.6. The first-order valence-electron chi connectivity index (χ1n) is 6.65. The molecule has 6 heteroatoms. The van der Waals surface area contributed by atoms with Gasteiger partial charge in [0.25, 0.3) is 5.91 Å². The Morgan fingerprint density at radius 1 is 1.32 bits per heavy atom. The number of phenolic OH excluding ortho intramolecular Hbond substituents is 1. The molecule has 1 amide bonds. The molecule has 0 saturated heterocycles. The van der Waals surface area contributed by atoms with Gasteiger partial charge < -0.3 is 10.4 Å². The van der Waals surface area contributed by atoms with Crippen LogP contribution in [-0.2, 0) is 4.79 Å². The molecule has 114 valence electrons. The Hall–Kier alpha value is -2.53. The van der Waals surface area contributed by atoms with Crippen molar-refractivity contribution >= 4 is 29.4 Å². The number of amides is 1. The minimum atomic E-state index is -0.292. The van der Waals surface area contributed by atoms with Gasteiger partial charge in [-0.3, -0.25) is 4.79 Å². The number of nitrogens with zero attached hydrogens (tertiary/aromatic N) is 1. The maximum atomic E-state index is 11.7. The molecule has 5 nitrogen and oxygen atoms in total. The van der Waals surface area contributed by atoms with Gasteiger partial charge in [0.05, 0.1) is 12.8 Å². The second kappa shape index (κ2) is 7.47. The fraction of sp³-hybridized carbons (Fsp3) is 0.125. The average Bonchev–Trinajstić information content (AvgIpc) is 2.49. The lowest BCUT2D eigenvalue weighted by Crippen LogP contribution is -2.25. The molecule has 0 atom stereocenters. The van der Waals surface area contributed by atoms with Gasteiger partial charge in [-0.15, -0.1) is 0 Å². The average molecular weight is 318 g/mol. The van der Waals surface area contributed by atoms with Gasteiger partial charge in [-0.2, -0.15) is 5.10 Å². The molecule has 22 heavy (non-hydrogen) atoms. The van der Waals surface area contributed by atoms with Crippen molar-refractivity contribution in [3.05, 3.63) is 58.6 Å². The van der Waals surface area contributed by atoms with Crippen molar-refractivity contribution in [2.45, 2.75) is 6.92 Å². The summed E-state index contributed by atoms with van der Waals surface area (Å²) in [7, 11) is 0. The molecule has 2 aromatic carbocycles. The Kier molecular flexibility index (Phi) is 5.38. The molecule has 3 N–H and O–H groups in total. The molecule has 0 aliphatic heterocycles. The van der Waals surface area contributed by atoms with E-state index in [1.165, 1.54) is 12.3 Å². The van der Waals surface area contributed by atoms with E-state index >= 15 is 0 Å². The van der Waals surface area contributed by atoms with Crippen molar-refractivity contribution in [3.8, 4) is 5.75 Å². The molecule has 0 radical (unpaired) electrons. The van der Waals surface area contributed by atoms with E-state index in [-0.39, 0.29) is 18.2 Å². The number of anilines is 1. The second-order valence-electron chi connectivity index (χ2n) is 4.72. The van der Waals surface area contributed by atoms with Crippen LogP contribution in [-0.4, -0.2) is 23.8 Å². The fourth-order valence-electron chi connectivity index (χ4n) is 1.78. The number of hydrogen-bond donors (Lipinski definition) is 3. The molecule has 0 saturated carbocycles. The number of aromatic hydroxyl groups is 1. The summed E-state index contributed by atoms with van der Waals surface area (Å²) >= 11 is 5.82. The number of carbonyl (C=O) groups excluding carboxylic acids is 1. The Morgan fingerprint density at radius 2 is 2.14 bits per heavy atom. The fourth-order valence-corrected chi connectivity index (χ4v) is 1.96. The highest BCUT2D eigenvalue weighted by Crippen LogP contribution is 2.19. The van der Waals surface area contributed by atoms with Crippen LogP contribution in [0.2, 0.25) is 5.02 Å². The number of nitrogens with one attached hydrogen (secondary N) is 2. The topological polar surface area (TPSA) is 73.7 Å². The van der Waals surface area contributed by atoms with E-state index in [4.69, 9.17) is 11.6 Å². The standard InChI is InChI=1S/C16H16ClN3O2/c1-11-3-2-4-14(7-11)18-10-16(22)20-19-9-12-8-13(17)5-6-15(12)21/h2-9,18,21H,10H2,1H3,(H,20,22)/b19-9-. The predicted molar refractivity (Wildman–Crippen MR) is 88.5 cm³/mol. The van der Waals surface area contributed by atoms with Crippen LogP contribution in [0.15, 0.2) is 47.6 Å². The number of rotatable bonds is 5. The summed E-state index contributed by atoms with van der Waals surface area (Å²) in [6, 6.07) is 12.3. The summed E-state index contributed by atoms with van der Waals surface area (Å²) in [5.41, 5.74) is 4.78. The van der Waals surface area contributed by atoms with Gasteiger partial charge in [0, 0.05) is 16.3 Å². The third kappa shape index (κ3) is 4.79. The Bertz CT molecular complexity index is 702. The molecule has 2 aromatic rings. The molecule has 0 bridgehead atoms. The van der Waals surface area contributed by atoms with E-state index in [0.717, 1.165) is 11.3 Å². The first-order valence-corrected chi connectivity index (χ1v) is 7.03. The summed E-state index contributed by atoms with van der Waals surface area (Å²) in [5, 5.41) is 16.9. The summed E-state index contributed by atoms with van der Waals surface area (Å²) in [4.78, 5) is 11.7. The smallest absolute Gasteiger partial charge is 0.259 e. The maximum absolute atomic E-state index is 11.7. The number of halogens is 1. The summed E-state index contributed by atoms with van der Waals surface area (Å²) < 4.78 is 0. The Morgan fingerprint density at radius 3 is 2.91 bits per heavy atom. The van der Waals surface area contributed by atoms with Crippen molar-refractivity contribution in [2.75, 3.05) is 11.9 Å². The Balaban J connectivity index is 1.85. The van der Waals surface area contributed by atoms with Gasteiger partial charge in [0.1, 0.15) is 5.75 Å². The highest BCUT2D eigenvalue weighted by molar-refractivity contribution is 6.30. The van der Waals surface area contributed by atoms with Crippen molar-refractivity contribution in [1.29, 1.82) is 0 Å². The van der Waals surface area contributed by atoms with Gasteiger partial charge in [0.15, 0.2) is 0 Å². The first kappa shape index (κ1) is 15.9. The molecule has 0 aliphatic rings. The summed E-state index contributed by atoms with van der Waals surface area (Å²) in [6.07, 6.45) is 1.34. The van der Waals surface area contributed by atoms with Crippen molar-refractivity contribution < 1.29 is 9.90 Å². The Labute approximate surface area is 133 Å². The van der Waals surface area contributed by atoms with Crippen LogP contribution in [0, 0.1) is 6.92 Å². The van der Waals surface area contributed by atoms with E-state index in [0.29, 0.717) is 10.6 Å². The molecule has 0 spiro atoms. The van der Waals surface area contributed by atoms with Gasteiger partial charge >= 0.3 is 0 Å². The van der Waals surface area contributed by atoms with Crippen LogP contribution in [0.4, 0.5) is 5.69 Å². The lowest BCUT2D eigenvalue weighted by Gasteiger charge is -2.06. The molecule has 0 unspecified atom stereocenters. The van der Waals surface area contributed by atoms with Gasteiger partial charge in [-0.05, 0) is 42.8 Å². The summed E-state index contributed by atoms with van der Waals surface area (Å²) in [5.74, 6) is -0.250. The van der Waals surface area contributed by atoms with Crippen molar-refractivity contribution in [3.63, 3.8) is 0 Å². The monoisotopic (exact) mass is 317 g/mol. The number of hydrazone groups is 1. The van der Waals surface area contributed by atoms with E-state index in [2.05, 4.69) is 15.8 Å². The number of carbonyl (C=O) groups is 1. The van der Waals surface area contributed by atoms with Crippen LogP contribution in [0.5, 0.6) is 5.75 Å². The van der Waals surface area contributed by atoms with Crippen LogP contribution in [0.1, 0.15) is 11.1 Å². The largest absolute Gasteiger partial charge is 0.507 e. The predicted octanol–water partition coefficient (Wildman–Crippen LogP) is 2.92.